The van der Waals surface area contributed by atoms with E-state index in [-0.39, 0.29) is 18.0 Å². The van der Waals surface area contributed by atoms with E-state index >= 15 is 0 Å². The third-order valence-electron chi connectivity index (χ3n) is 4.25. The predicted octanol–water partition coefficient (Wildman–Crippen LogP) is 2.67. The maximum atomic E-state index is 12.5. The van der Waals surface area contributed by atoms with Crippen LogP contribution < -0.4 is 5.56 Å². The Bertz CT molecular complexity index is 504. The van der Waals surface area contributed by atoms with Crippen molar-refractivity contribution in [2.75, 3.05) is 13.1 Å². The van der Waals surface area contributed by atoms with E-state index in [1.165, 1.54) is 42.7 Å². The fourth-order valence-electron chi connectivity index (χ4n) is 3.11. The number of rotatable bonds is 6. The topological polar surface area (TPSA) is 42.3 Å². The Morgan fingerprint density at radius 3 is 2.71 bits per heavy atom. The molecule has 1 aromatic rings. The molecular formula is C17H26N2O2. The molecule has 0 aromatic carbocycles. The van der Waals surface area contributed by atoms with Gasteiger partial charge in [0.15, 0.2) is 0 Å². The third kappa shape index (κ3) is 4.73. The summed E-state index contributed by atoms with van der Waals surface area (Å²) in [5.74, 6) is 0.706. The maximum absolute atomic E-state index is 12.5. The number of amides is 1. The van der Waals surface area contributed by atoms with E-state index < -0.39 is 0 Å². The number of hydrogen-bond acceptors (Lipinski definition) is 2. The van der Waals surface area contributed by atoms with Crippen molar-refractivity contribution in [2.24, 2.45) is 5.92 Å². The van der Waals surface area contributed by atoms with Gasteiger partial charge in [0.05, 0.1) is 0 Å². The van der Waals surface area contributed by atoms with E-state index in [9.17, 15) is 9.59 Å². The zero-order valence-corrected chi connectivity index (χ0v) is 13.0. The van der Waals surface area contributed by atoms with Gasteiger partial charge in [0.25, 0.3) is 5.56 Å². The molecule has 0 saturated heterocycles. The van der Waals surface area contributed by atoms with Gasteiger partial charge in [-0.3, -0.25) is 9.59 Å². The Morgan fingerprint density at radius 1 is 1.29 bits per heavy atom. The second-order valence-corrected chi connectivity index (χ2v) is 6.01. The summed E-state index contributed by atoms with van der Waals surface area (Å²) in [7, 11) is 0. The normalized spacial score (nSPS) is 15.9. The summed E-state index contributed by atoms with van der Waals surface area (Å²) >= 11 is 0. The molecule has 21 heavy (non-hydrogen) atoms. The SMILES string of the molecule is CCCN(CC1CCCCC1)C(=O)Cn1ccccc1=O. The van der Waals surface area contributed by atoms with Crippen LogP contribution in [0.15, 0.2) is 29.2 Å². The lowest BCUT2D eigenvalue weighted by Gasteiger charge is -2.30. The van der Waals surface area contributed by atoms with Gasteiger partial charge < -0.3 is 9.47 Å². The van der Waals surface area contributed by atoms with Crippen molar-refractivity contribution in [2.45, 2.75) is 52.0 Å². The highest BCUT2D eigenvalue weighted by molar-refractivity contribution is 5.76. The van der Waals surface area contributed by atoms with E-state index in [0.717, 1.165) is 19.5 Å². The van der Waals surface area contributed by atoms with Crippen LogP contribution in [0.4, 0.5) is 0 Å². The van der Waals surface area contributed by atoms with Crippen LogP contribution >= 0.6 is 0 Å². The largest absolute Gasteiger partial charge is 0.341 e. The van der Waals surface area contributed by atoms with Crippen LogP contribution in [0.5, 0.6) is 0 Å². The summed E-state index contributed by atoms with van der Waals surface area (Å²) in [6.45, 7) is 3.90. The molecule has 0 atom stereocenters. The van der Waals surface area contributed by atoms with Crippen LogP contribution in [0.3, 0.4) is 0 Å². The highest BCUT2D eigenvalue weighted by Crippen LogP contribution is 2.24. The molecule has 0 aliphatic heterocycles. The number of hydrogen-bond donors (Lipinski definition) is 0. The summed E-state index contributed by atoms with van der Waals surface area (Å²) in [5, 5.41) is 0. The standard InChI is InChI=1S/C17H26N2O2/c1-2-11-18(13-15-8-4-3-5-9-15)17(21)14-19-12-7-6-10-16(19)20/h6-7,10,12,15H,2-5,8-9,11,13-14H2,1H3. The van der Waals surface area contributed by atoms with E-state index in [1.54, 1.807) is 18.3 Å². The molecule has 1 heterocycles. The monoisotopic (exact) mass is 290 g/mol. The molecule has 1 fully saturated rings. The zero-order valence-electron chi connectivity index (χ0n) is 13.0. The van der Waals surface area contributed by atoms with Crippen molar-refractivity contribution >= 4 is 5.91 Å². The van der Waals surface area contributed by atoms with Gasteiger partial charge in [-0.15, -0.1) is 0 Å². The number of nitrogens with zero attached hydrogens (tertiary/aromatic N) is 2. The first-order chi connectivity index (χ1) is 10.2. The van der Waals surface area contributed by atoms with Crippen molar-refractivity contribution in [1.82, 2.24) is 9.47 Å². The molecule has 1 aliphatic carbocycles. The molecule has 1 aliphatic rings. The van der Waals surface area contributed by atoms with Gasteiger partial charge in [0, 0.05) is 25.4 Å². The number of carbonyl (C=O) groups excluding carboxylic acids is 1. The molecule has 0 radical (unpaired) electrons. The van der Waals surface area contributed by atoms with Crippen molar-refractivity contribution in [3.8, 4) is 0 Å². The average Bonchev–Trinajstić information content (AvgIpc) is 2.50. The highest BCUT2D eigenvalue weighted by Gasteiger charge is 2.20. The molecule has 4 nitrogen and oxygen atoms in total. The van der Waals surface area contributed by atoms with Gasteiger partial charge in [0.2, 0.25) is 5.91 Å². The lowest BCUT2D eigenvalue weighted by atomic mass is 9.89. The number of aromatic nitrogens is 1. The lowest BCUT2D eigenvalue weighted by molar-refractivity contribution is -0.132. The summed E-state index contributed by atoms with van der Waals surface area (Å²) < 4.78 is 1.49. The Hall–Kier alpha value is -1.58. The molecular weight excluding hydrogens is 264 g/mol. The van der Waals surface area contributed by atoms with Crippen molar-refractivity contribution in [3.63, 3.8) is 0 Å². The summed E-state index contributed by atoms with van der Waals surface area (Å²) in [4.78, 5) is 26.2. The molecule has 1 aromatic heterocycles. The van der Waals surface area contributed by atoms with Gasteiger partial charge >= 0.3 is 0 Å². The van der Waals surface area contributed by atoms with Crippen molar-refractivity contribution in [1.29, 1.82) is 0 Å². The van der Waals surface area contributed by atoms with Crippen molar-refractivity contribution < 1.29 is 4.79 Å². The van der Waals surface area contributed by atoms with Crippen LogP contribution in [0.1, 0.15) is 45.4 Å². The van der Waals surface area contributed by atoms with Gasteiger partial charge in [-0.2, -0.15) is 0 Å². The van der Waals surface area contributed by atoms with Gasteiger partial charge in [-0.1, -0.05) is 32.3 Å². The first-order valence-corrected chi connectivity index (χ1v) is 8.14. The fourth-order valence-corrected chi connectivity index (χ4v) is 3.11. The summed E-state index contributed by atoms with van der Waals surface area (Å²) in [6.07, 6.45) is 9.02. The quantitative estimate of drug-likeness (QED) is 0.808. The van der Waals surface area contributed by atoms with Crippen LogP contribution in [-0.4, -0.2) is 28.5 Å². The second kappa shape index (κ2) is 8.01. The van der Waals surface area contributed by atoms with Gasteiger partial charge in [-0.05, 0) is 31.2 Å². The lowest BCUT2D eigenvalue weighted by Crippen LogP contribution is -2.40. The highest BCUT2D eigenvalue weighted by atomic mass is 16.2. The minimum absolute atomic E-state index is 0.0655. The van der Waals surface area contributed by atoms with Gasteiger partial charge in [0.1, 0.15) is 6.54 Å². The first-order valence-electron chi connectivity index (χ1n) is 8.14. The molecule has 1 amide bonds. The molecule has 4 heteroatoms. The minimum Gasteiger partial charge on any atom is -0.341 e. The van der Waals surface area contributed by atoms with E-state index in [0.29, 0.717) is 5.92 Å². The minimum atomic E-state index is -0.111. The summed E-state index contributed by atoms with van der Waals surface area (Å²) in [6, 6.07) is 4.99. The Kier molecular flexibility index (Phi) is 6.03. The number of pyridine rings is 1. The predicted molar refractivity (Wildman–Crippen MR) is 84.1 cm³/mol. The van der Waals surface area contributed by atoms with E-state index in [2.05, 4.69) is 6.92 Å². The Labute approximate surface area is 126 Å². The van der Waals surface area contributed by atoms with E-state index in [1.807, 2.05) is 4.90 Å². The zero-order chi connectivity index (χ0) is 15.1. The first kappa shape index (κ1) is 15.8. The Morgan fingerprint density at radius 2 is 2.05 bits per heavy atom. The molecule has 1 saturated carbocycles. The molecule has 0 N–H and O–H groups in total. The smallest absolute Gasteiger partial charge is 0.250 e. The van der Waals surface area contributed by atoms with Crippen molar-refractivity contribution in [3.05, 3.63) is 34.7 Å². The number of carbonyl (C=O) groups is 1. The van der Waals surface area contributed by atoms with Gasteiger partial charge in [-0.25, -0.2) is 0 Å². The average molecular weight is 290 g/mol. The van der Waals surface area contributed by atoms with Crippen LogP contribution in [-0.2, 0) is 11.3 Å². The van der Waals surface area contributed by atoms with E-state index in [4.69, 9.17) is 0 Å². The van der Waals surface area contributed by atoms with Crippen LogP contribution in [0.25, 0.3) is 0 Å². The molecule has 0 unspecified atom stereocenters. The molecule has 0 bridgehead atoms. The maximum Gasteiger partial charge on any atom is 0.250 e. The molecule has 2 rings (SSSR count). The van der Waals surface area contributed by atoms with Crippen LogP contribution in [0, 0.1) is 5.92 Å². The summed E-state index contributed by atoms with van der Waals surface area (Å²) in [5.41, 5.74) is -0.111. The molecule has 116 valence electrons. The second-order valence-electron chi connectivity index (χ2n) is 6.01. The fraction of sp³-hybridized carbons (Fsp3) is 0.647. The molecule has 0 spiro atoms. The van der Waals surface area contributed by atoms with Crippen LogP contribution in [0.2, 0.25) is 0 Å². The third-order valence-corrected chi connectivity index (χ3v) is 4.25. The Balaban J connectivity index is 1.98.